The second kappa shape index (κ2) is 6.85. The van der Waals surface area contributed by atoms with E-state index in [4.69, 9.17) is 17.3 Å². The summed E-state index contributed by atoms with van der Waals surface area (Å²) in [7, 11) is 1.55. The van der Waals surface area contributed by atoms with Crippen molar-refractivity contribution < 1.29 is 4.39 Å². The van der Waals surface area contributed by atoms with Gasteiger partial charge in [-0.05, 0) is 30.3 Å². The van der Waals surface area contributed by atoms with E-state index in [1.165, 1.54) is 12.1 Å². The molecule has 0 saturated carbocycles. The fourth-order valence-electron chi connectivity index (χ4n) is 1.70. The van der Waals surface area contributed by atoms with Gasteiger partial charge in [0.2, 0.25) is 5.96 Å². The average Bonchev–Trinajstić information content (AvgIpc) is 2.50. The van der Waals surface area contributed by atoms with Crippen molar-refractivity contribution in [2.45, 2.75) is 0 Å². The molecule has 0 aromatic heterocycles. The van der Waals surface area contributed by atoms with Crippen LogP contribution in [0.5, 0.6) is 0 Å². The van der Waals surface area contributed by atoms with Crippen LogP contribution in [-0.2, 0) is 0 Å². The van der Waals surface area contributed by atoms with Crippen molar-refractivity contribution in [3.8, 4) is 0 Å². The van der Waals surface area contributed by atoms with E-state index in [0.717, 1.165) is 0 Å². The zero-order valence-corrected chi connectivity index (χ0v) is 12.1. The average molecular weight is 305 g/mol. The Bertz CT molecular complexity index is 680. The van der Waals surface area contributed by atoms with Crippen molar-refractivity contribution in [2.24, 2.45) is 15.8 Å². The van der Waals surface area contributed by atoms with Gasteiger partial charge in [-0.2, -0.15) is 5.10 Å². The molecule has 2 aromatic carbocycles. The molecular weight excluding hydrogens is 291 g/mol. The zero-order valence-electron chi connectivity index (χ0n) is 11.3. The van der Waals surface area contributed by atoms with Gasteiger partial charge in [0.25, 0.3) is 0 Å². The number of halogens is 2. The van der Waals surface area contributed by atoms with Crippen molar-refractivity contribution in [1.82, 2.24) is 5.43 Å². The maximum absolute atomic E-state index is 13.1. The molecule has 2 aromatic rings. The minimum Gasteiger partial charge on any atom is -0.369 e. The lowest BCUT2D eigenvalue weighted by Gasteiger charge is -2.09. The van der Waals surface area contributed by atoms with Crippen LogP contribution in [0.4, 0.5) is 4.39 Å². The largest absolute Gasteiger partial charge is 0.369 e. The molecule has 21 heavy (non-hydrogen) atoms. The van der Waals surface area contributed by atoms with Gasteiger partial charge in [0.15, 0.2) is 0 Å². The highest BCUT2D eigenvalue weighted by atomic mass is 35.5. The van der Waals surface area contributed by atoms with Crippen molar-refractivity contribution in [3.63, 3.8) is 0 Å². The summed E-state index contributed by atoms with van der Waals surface area (Å²) in [6, 6.07) is 13.2. The van der Waals surface area contributed by atoms with E-state index < -0.39 is 0 Å². The number of hydrazone groups is 1. The van der Waals surface area contributed by atoms with Crippen molar-refractivity contribution in [3.05, 3.63) is 70.5 Å². The highest BCUT2D eigenvalue weighted by molar-refractivity contribution is 6.35. The summed E-state index contributed by atoms with van der Waals surface area (Å²) >= 11 is 6.21. The summed E-state index contributed by atoms with van der Waals surface area (Å²) < 4.78 is 13.1. The number of hydrogen-bond donors (Lipinski definition) is 2. The van der Waals surface area contributed by atoms with Gasteiger partial charge in [-0.15, -0.1) is 0 Å². The number of aliphatic imine (C=N–C) groups is 1. The Morgan fingerprint density at radius 2 is 1.81 bits per heavy atom. The lowest BCUT2D eigenvalue weighted by molar-refractivity contribution is 0.628. The molecule has 0 aliphatic carbocycles. The third-order valence-corrected chi connectivity index (χ3v) is 3.10. The van der Waals surface area contributed by atoms with E-state index in [-0.39, 0.29) is 11.8 Å². The molecule has 0 unspecified atom stereocenters. The summed E-state index contributed by atoms with van der Waals surface area (Å²) in [5.74, 6) is -0.151. The first-order valence-corrected chi connectivity index (χ1v) is 6.56. The Balaban J connectivity index is 2.49. The first kappa shape index (κ1) is 15.0. The Kier molecular flexibility index (Phi) is 4.90. The highest BCUT2D eigenvalue weighted by Gasteiger charge is 2.11. The van der Waals surface area contributed by atoms with Crippen LogP contribution in [0.3, 0.4) is 0 Å². The van der Waals surface area contributed by atoms with Crippen molar-refractivity contribution in [2.75, 3.05) is 7.05 Å². The molecule has 2 rings (SSSR count). The Labute approximate surface area is 127 Å². The zero-order chi connectivity index (χ0) is 15.2. The molecule has 0 atom stereocenters. The van der Waals surface area contributed by atoms with E-state index in [1.54, 1.807) is 25.2 Å². The molecule has 4 nitrogen and oxygen atoms in total. The lowest BCUT2D eigenvalue weighted by Crippen LogP contribution is -2.28. The maximum Gasteiger partial charge on any atom is 0.209 e. The number of nitrogens with zero attached hydrogens (tertiary/aromatic N) is 2. The molecule has 6 heteroatoms. The fraction of sp³-hybridized carbons (Fsp3) is 0.0667. The SMILES string of the molecule is CN=C(N)NN=C(c1ccc(F)cc1)c1ccccc1Cl. The number of nitrogens with one attached hydrogen (secondary N) is 1. The van der Waals surface area contributed by atoms with Crippen LogP contribution < -0.4 is 11.2 Å². The van der Waals surface area contributed by atoms with Gasteiger partial charge in [-0.3, -0.25) is 4.99 Å². The summed E-state index contributed by atoms with van der Waals surface area (Å²) in [5, 5.41) is 4.77. The molecule has 0 fully saturated rings. The van der Waals surface area contributed by atoms with Gasteiger partial charge in [0.05, 0.1) is 10.7 Å². The first-order chi connectivity index (χ1) is 10.1. The quantitative estimate of drug-likeness (QED) is 0.520. The van der Waals surface area contributed by atoms with Crippen molar-refractivity contribution >= 4 is 23.3 Å². The molecular formula is C15H14ClFN4. The Morgan fingerprint density at radius 3 is 2.43 bits per heavy atom. The molecule has 0 spiro atoms. The minimum absolute atomic E-state index is 0.168. The number of guanidine groups is 1. The number of hydrogen-bond acceptors (Lipinski definition) is 2. The third-order valence-electron chi connectivity index (χ3n) is 2.77. The molecule has 3 N–H and O–H groups in total. The van der Waals surface area contributed by atoms with Crippen LogP contribution in [0, 0.1) is 5.82 Å². The number of benzene rings is 2. The van der Waals surface area contributed by atoms with Crippen LogP contribution in [0.1, 0.15) is 11.1 Å². The summed E-state index contributed by atoms with van der Waals surface area (Å²) in [5.41, 5.74) is 10.2. The molecule has 108 valence electrons. The van der Waals surface area contributed by atoms with E-state index in [0.29, 0.717) is 21.9 Å². The summed E-state index contributed by atoms with van der Waals surface area (Å²) in [6.07, 6.45) is 0. The fourth-order valence-corrected chi connectivity index (χ4v) is 1.93. The third kappa shape index (κ3) is 3.79. The molecule has 0 aliphatic heterocycles. The summed E-state index contributed by atoms with van der Waals surface area (Å²) in [4.78, 5) is 3.77. The smallest absolute Gasteiger partial charge is 0.209 e. The predicted molar refractivity (Wildman–Crippen MR) is 84.2 cm³/mol. The van der Waals surface area contributed by atoms with Crippen LogP contribution in [0.2, 0.25) is 5.02 Å². The monoisotopic (exact) mass is 304 g/mol. The topological polar surface area (TPSA) is 62.8 Å². The van der Waals surface area contributed by atoms with E-state index in [9.17, 15) is 4.39 Å². The summed E-state index contributed by atoms with van der Waals surface area (Å²) in [6.45, 7) is 0. The second-order valence-electron chi connectivity index (χ2n) is 4.17. The Hall–Kier alpha value is -2.40. The normalized spacial score (nSPS) is 12.3. The van der Waals surface area contributed by atoms with Crippen LogP contribution in [0.15, 0.2) is 58.6 Å². The van der Waals surface area contributed by atoms with Gasteiger partial charge < -0.3 is 5.73 Å². The van der Waals surface area contributed by atoms with E-state index >= 15 is 0 Å². The van der Waals surface area contributed by atoms with Gasteiger partial charge in [-0.25, -0.2) is 9.82 Å². The molecule has 0 radical (unpaired) electrons. The van der Waals surface area contributed by atoms with E-state index in [2.05, 4.69) is 15.5 Å². The number of rotatable bonds is 3. The van der Waals surface area contributed by atoms with Gasteiger partial charge in [0.1, 0.15) is 5.82 Å². The molecule has 0 aliphatic rings. The predicted octanol–water partition coefficient (Wildman–Crippen LogP) is 2.77. The van der Waals surface area contributed by atoms with Crippen molar-refractivity contribution in [1.29, 1.82) is 0 Å². The Morgan fingerprint density at radius 1 is 1.14 bits per heavy atom. The first-order valence-electron chi connectivity index (χ1n) is 6.18. The van der Waals surface area contributed by atoms with Gasteiger partial charge in [0, 0.05) is 18.2 Å². The lowest BCUT2D eigenvalue weighted by atomic mass is 10.0. The maximum atomic E-state index is 13.1. The van der Waals surface area contributed by atoms with Gasteiger partial charge in [-0.1, -0.05) is 29.8 Å². The van der Waals surface area contributed by atoms with E-state index in [1.807, 2.05) is 18.2 Å². The van der Waals surface area contributed by atoms with Crippen LogP contribution in [-0.4, -0.2) is 18.7 Å². The number of nitrogens with two attached hydrogens (primary N) is 1. The standard InChI is InChI=1S/C15H14ClFN4/c1-19-15(18)21-20-14(10-6-8-11(17)9-7-10)12-4-2-3-5-13(12)16/h2-9H,1H3,(H3,18,19,21). The van der Waals surface area contributed by atoms with Crippen LogP contribution in [0.25, 0.3) is 0 Å². The highest BCUT2D eigenvalue weighted by Crippen LogP contribution is 2.20. The molecule has 0 bridgehead atoms. The molecule has 0 saturated heterocycles. The molecule has 0 heterocycles. The van der Waals surface area contributed by atoms with Gasteiger partial charge >= 0.3 is 0 Å². The minimum atomic E-state index is -0.320. The second-order valence-corrected chi connectivity index (χ2v) is 4.58. The molecule has 0 amide bonds. The van der Waals surface area contributed by atoms with Crippen LogP contribution >= 0.6 is 11.6 Å².